The molecule has 0 aliphatic heterocycles. The van der Waals surface area contributed by atoms with E-state index >= 15 is 0 Å². The Morgan fingerprint density at radius 1 is 1.73 bits per heavy atom. The van der Waals surface area contributed by atoms with Gasteiger partial charge in [0.25, 0.3) is 0 Å². The second-order valence-electron chi connectivity index (χ2n) is 2.03. The first-order valence-corrected chi connectivity index (χ1v) is 5.60. The average molecular weight is 191 g/mol. The van der Waals surface area contributed by atoms with Gasteiger partial charge in [-0.05, 0) is 0 Å². The summed E-state index contributed by atoms with van der Waals surface area (Å²) in [6, 6.07) is 0. The molecule has 0 fully saturated rings. The van der Waals surface area contributed by atoms with E-state index in [0.717, 1.165) is 6.26 Å². The number of aromatic nitrogens is 1. The Hall–Kier alpha value is -0.460. The van der Waals surface area contributed by atoms with Gasteiger partial charge in [0.05, 0.1) is 6.54 Å². The Morgan fingerprint density at radius 2 is 2.36 bits per heavy atom. The van der Waals surface area contributed by atoms with Gasteiger partial charge in [-0.25, -0.2) is 13.4 Å². The number of sulfone groups is 1. The number of hydrogen-bond acceptors (Lipinski definition) is 4. The van der Waals surface area contributed by atoms with E-state index in [1.165, 1.54) is 16.7 Å². The minimum Gasteiger partial charge on any atom is -0.251 e. The smallest absolute Gasteiger partial charge is 0.193 e. The van der Waals surface area contributed by atoms with Crippen molar-refractivity contribution in [2.45, 2.75) is 11.6 Å². The van der Waals surface area contributed by atoms with Crippen LogP contribution in [0, 0.1) is 0 Å². The van der Waals surface area contributed by atoms with E-state index in [1.54, 1.807) is 0 Å². The number of nitrogens with zero attached hydrogens (tertiary/aromatic N) is 1. The van der Waals surface area contributed by atoms with Crippen molar-refractivity contribution >= 4 is 21.2 Å². The van der Waals surface area contributed by atoms with Crippen LogP contribution in [0.5, 0.6) is 0 Å². The van der Waals surface area contributed by atoms with Gasteiger partial charge in [-0.2, -0.15) is 0 Å². The topological polar surface area (TPSA) is 70.8 Å². The molecular formula is C5H7N2O2S2. The highest BCUT2D eigenvalue weighted by atomic mass is 32.2. The van der Waals surface area contributed by atoms with Gasteiger partial charge in [0.2, 0.25) is 0 Å². The summed E-state index contributed by atoms with van der Waals surface area (Å²) >= 11 is 1.20. The maximum absolute atomic E-state index is 10.8. The SMILES string of the molecule is CS(=O)(=O)c1csc(C[NH])n1. The van der Waals surface area contributed by atoms with E-state index in [-0.39, 0.29) is 11.6 Å². The minimum absolute atomic E-state index is 0.0419. The Balaban J connectivity index is 3.09. The van der Waals surface area contributed by atoms with Crippen molar-refractivity contribution < 1.29 is 8.42 Å². The highest BCUT2D eigenvalue weighted by Gasteiger charge is 2.10. The van der Waals surface area contributed by atoms with Gasteiger partial charge in [0.1, 0.15) is 5.01 Å². The lowest BCUT2D eigenvalue weighted by Crippen LogP contribution is -1.97. The highest BCUT2D eigenvalue weighted by Crippen LogP contribution is 2.13. The molecule has 1 aromatic rings. The number of rotatable bonds is 2. The number of nitrogens with one attached hydrogen (secondary N) is 1. The molecule has 0 aromatic carbocycles. The van der Waals surface area contributed by atoms with Crippen LogP contribution in [0.3, 0.4) is 0 Å². The van der Waals surface area contributed by atoms with Gasteiger partial charge in [-0.3, -0.25) is 5.73 Å². The summed E-state index contributed by atoms with van der Waals surface area (Å²) in [5.74, 6) is 0. The quantitative estimate of drug-likeness (QED) is 0.676. The van der Waals surface area contributed by atoms with Crippen LogP contribution in [0.15, 0.2) is 10.4 Å². The van der Waals surface area contributed by atoms with E-state index in [9.17, 15) is 8.42 Å². The summed E-state index contributed by atoms with van der Waals surface area (Å²) in [6.07, 6.45) is 1.11. The van der Waals surface area contributed by atoms with E-state index in [0.29, 0.717) is 5.01 Å². The molecule has 0 amide bonds. The molecule has 0 atom stereocenters. The third-order valence-electron chi connectivity index (χ3n) is 1.06. The Morgan fingerprint density at radius 3 is 2.64 bits per heavy atom. The molecule has 0 aliphatic rings. The van der Waals surface area contributed by atoms with Gasteiger partial charge in [0, 0.05) is 11.6 Å². The van der Waals surface area contributed by atoms with Crippen LogP contribution in [0.1, 0.15) is 5.01 Å². The summed E-state index contributed by atoms with van der Waals surface area (Å²) in [7, 11) is -3.18. The molecular weight excluding hydrogens is 184 g/mol. The molecule has 0 aliphatic carbocycles. The van der Waals surface area contributed by atoms with Crippen LogP contribution < -0.4 is 5.73 Å². The van der Waals surface area contributed by atoms with Crippen LogP contribution in [0.2, 0.25) is 0 Å². The molecule has 1 N–H and O–H groups in total. The van der Waals surface area contributed by atoms with Gasteiger partial charge in [-0.15, -0.1) is 11.3 Å². The molecule has 11 heavy (non-hydrogen) atoms. The molecule has 1 rings (SSSR count). The van der Waals surface area contributed by atoms with E-state index in [2.05, 4.69) is 4.98 Å². The van der Waals surface area contributed by atoms with Crippen molar-refractivity contribution in [2.75, 3.05) is 6.26 Å². The number of hydrogen-bond donors (Lipinski definition) is 0. The van der Waals surface area contributed by atoms with Gasteiger partial charge in [0.15, 0.2) is 14.9 Å². The molecule has 1 radical (unpaired) electrons. The van der Waals surface area contributed by atoms with Crippen molar-refractivity contribution in [3.8, 4) is 0 Å². The summed E-state index contributed by atoms with van der Waals surface area (Å²) in [4.78, 5) is 3.74. The monoisotopic (exact) mass is 191 g/mol. The zero-order valence-electron chi connectivity index (χ0n) is 5.86. The zero-order valence-corrected chi connectivity index (χ0v) is 7.50. The van der Waals surface area contributed by atoms with Crippen molar-refractivity contribution in [3.05, 3.63) is 10.4 Å². The first-order valence-electron chi connectivity index (χ1n) is 2.83. The molecule has 0 saturated heterocycles. The van der Waals surface area contributed by atoms with Crippen molar-refractivity contribution in [3.63, 3.8) is 0 Å². The molecule has 61 valence electrons. The summed E-state index contributed by atoms with van der Waals surface area (Å²) in [5, 5.41) is 2.06. The van der Waals surface area contributed by atoms with Crippen LogP contribution in [-0.4, -0.2) is 19.7 Å². The van der Waals surface area contributed by atoms with E-state index in [4.69, 9.17) is 5.73 Å². The van der Waals surface area contributed by atoms with Crippen LogP contribution >= 0.6 is 11.3 Å². The van der Waals surface area contributed by atoms with Crippen LogP contribution in [0.25, 0.3) is 0 Å². The van der Waals surface area contributed by atoms with Gasteiger partial charge < -0.3 is 0 Å². The maximum atomic E-state index is 10.8. The molecule has 4 nitrogen and oxygen atoms in total. The predicted molar refractivity (Wildman–Crippen MR) is 42.0 cm³/mol. The lowest BCUT2D eigenvalue weighted by Gasteiger charge is -1.87. The predicted octanol–water partition coefficient (Wildman–Crippen LogP) is 0.330. The molecule has 1 aromatic heterocycles. The van der Waals surface area contributed by atoms with Crippen LogP contribution in [0.4, 0.5) is 0 Å². The second kappa shape index (κ2) is 2.88. The van der Waals surface area contributed by atoms with Gasteiger partial charge in [-0.1, -0.05) is 0 Å². The minimum atomic E-state index is -3.18. The van der Waals surface area contributed by atoms with Crippen molar-refractivity contribution in [1.82, 2.24) is 10.7 Å². The largest absolute Gasteiger partial charge is 0.251 e. The Labute approximate surface area is 69.0 Å². The average Bonchev–Trinajstić information content (AvgIpc) is 2.32. The molecule has 6 heteroatoms. The fraction of sp³-hybridized carbons (Fsp3) is 0.400. The highest BCUT2D eigenvalue weighted by molar-refractivity contribution is 7.90. The molecule has 0 spiro atoms. The van der Waals surface area contributed by atoms with Crippen LogP contribution in [-0.2, 0) is 16.4 Å². The lowest BCUT2D eigenvalue weighted by molar-refractivity contribution is 0.598. The standard InChI is InChI=1S/C5H7N2O2S2/c1-11(8,9)5-3-10-4(2-6)7-5/h3,6H,2H2,1H3. The Kier molecular flexibility index (Phi) is 2.26. The summed E-state index contributed by atoms with van der Waals surface area (Å²) < 4.78 is 21.7. The lowest BCUT2D eigenvalue weighted by atomic mass is 10.7. The third-order valence-corrected chi connectivity index (χ3v) is 3.03. The van der Waals surface area contributed by atoms with Gasteiger partial charge >= 0.3 is 0 Å². The summed E-state index contributed by atoms with van der Waals surface area (Å²) in [6.45, 7) is 0.0419. The second-order valence-corrected chi connectivity index (χ2v) is 4.93. The number of thiazole rings is 1. The van der Waals surface area contributed by atoms with Crippen molar-refractivity contribution in [2.24, 2.45) is 0 Å². The third kappa shape index (κ3) is 1.98. The maximum Gasteiger partial charge on any atom is 0.193 e. The first kappa shape index (κ1) is 8.63. The molecule has 0 bridgehead atoms. The molecule has 0 saturated carbocycles. The first-order chi connectivity index (χ1) is 5.04. The van der Waals surface area contributed by atoms with Crippen molar-refractivity contribution in [1.29, 1.82) is 0 Å². The van der Waals surface area contributed by atoms with E-state index in [1.807, 2.05) is 0 Å². The fourth-order valence-electron chi connectivity index (χ4n) is 0.546. The molecule has 0 unspecified atom stereocenters. The Bertz CT molecular complexity index is 341. The van der Waals surface area contributed by atoms with E-state index < -0.39 is 9.84 Å². The zero-order chi connectivity index (χ0) is 8.48. The summed E-state index contributed by atoms with van der Waals surface area (Å²) in [5.41, 5.74) is 6.91. The fourth-order valence-corrected chi connectivity index (χ4v) is 2.25. The molecule has 1 heterocycles. The normalized spacial score (nSPS) is 11.8.